The van der Waals surface area contributed by atoms with Crippen LogP contribution in [0.25, 0.3) is 21.8 Å². The number of rotatable bonds is 5. The molecule has 0 saturated heterocycles. The maximum absolute atomic E-state index is 12.6. The number of aromatic nitrogens is 3. The minimum absolute atomic E-state index is 0.0618. The van der Waals surface area contributed by atoms with E-state index < -0.39 is 6.04 Å². The van der Waals surface area contributed by atoms with Crippen molar-refractivity contribution in [3.8, 4) is 0 Å². The van der Waals surface area contributed by atoms with Crippen LogP contribution in [-0.4, -0.2) is 27.2 Å². The molecule has 0 bridgehead atoms. The molecule has 120 valence electrons. The first-order valence-electron chi connectivity index (χ1n) is 7.93. The fourth-order valence-electron chi connectivity index (χ4n) is 3.04. The highest BCUT2D eigenvalue weighted by atomic mass is 16.2. The first kappa shape index (κ1) is 15.3. The van der Waals surface area contributed by atoms with Crippen LogP contribution in [0.15, 0.2) is 35.3 Å². The molecule has 0 fully saturated rings. The molecule has 6 nitrogen and oxygen atoms in total. The van der Waals surface area contributed by atoms with Gasteiger partial charge in [-0.2, -0.15) is 5.10 Å². The zero-order valence-electron chi connectivity index (χ0n) is 13.3. The molecule has 23 heavy (non-hydrogen) atoms. The SMILES string of the molecule is CCCNC(=O)[C@H](CC)n1c2ccccc2c2cn[nH]c(=O)c21. The lowest BCUT2D eigenvalue weighted by Crippen LogP contribution is -2.33. The lowest BCUT2D eigenvalue weighted by molar-refractivity contribution is -0.124. The van der Waals surface area contributed by atoms with Gasteiger partial charge in [-0.1, -0.05) is 32.0 Å². The number of para-hydroxylation sites is 1. The third-order valence-corrected chi connectivity index (χ3v) is 4.07. The maximum atomic E-state index is 12.6. The van der Waals surface area contributed by atoms with Crippen LogP contribution in [0.3, 0.4) is 0 Å². The molecule has 0 aliphatic carbocycles. The number of nitrogens with one attached hydrogen (secondary N) is 2. The lowest BCUT2D eigenvalue weighted by Gasteiger charge is -2.18. The van der Waals surface area contributed by atoms with E-state index in [1.54, 1.807) is 6.20 Å². The highest BCUT2D eigenvalue weighted by molar-refractivity contribution is 6.08. The molecule has 6 heteroatoms. The van der Waals surface area contributed by atoms with Gasteiger partial charge in [-0.15, -0.1) is 0 Å². The van der Waals surface area contributed by atoms with Crippen molar-refractivity contribution < 1.29 is 4.79 Å². The number of carbonyl (C=O) groups is 1. The zero-order valence-corrected chi connectivity index (χ0v) is 13.3. The Hall–Kier alpha value is -2.63. The van der Waals surface area contributed by atoms with Gasteiger partial charge in [-0.25, -0.2) is 5.10 Å². The second-order valence-electron chi connectivity index (χ2n) is 5.56. The topological polar surface area (TPSA) is 79.8 Å². The molecule has 2 aromatic heterocycles. The van der Waals surface area contributed by atoms with Crippen molar-refractivity contribution in [2.45, 2.75) is 32.7 Å². The molecule has 0 aliphatic rings. The van der Waals surface area contributed by atoms with E-state index in [0.717, 1.165) is 22.7 Å². The van der Waals surface area contributed by atoms with Gasteiger partial charge in [0.2, 0.25) is 5.91 Å². The molecule has 0 radical (unpaired) electrons. The number of aromatic amines is 1. The Kier molecular flexibility index (Phi) is 4.14. The fraction of sp³-hybridized carbons (Fsp3) is 0.353. The molecule has 2 N–H and O–H groups in total. The number of carbonyl (C=O) groups excluding carboxylic acids is 1. The number of fused-ring (bicyclic) bond motifs is 3. The second kappa shape index (κ2) is 6.24. The molecule has 1 atom stereocenters. The summed E-state index contributed by atoms with van der Waals surface area (Å²) < 4.78 is 1.84. The normalized spacial score (nSPS) is 12.6. The number of hydrogen-bond donors (Lipinski definition) is 2. The molecular formula is C17H20N4O2. The Morgan fingerprint density at radius 3 is 2.83 bits per heavy atom. The second-order valence-corrected chi connectivity index (χ2v) is 5.56. The van der Waals surface area contributed by atoms with Crippen molar-refractivity contribution in [2.24, 2.45) is 0 Å². The first-order valence-corrected chi connectivity index (χ1v) is 7.93. The van der Waals surface area contributed by atoms with E-state index in [1.165, 1.54) is 0 Å². The Balaban J connectivity index is 2.29. The van der Waals surface area contributed by atoms with Gasteiger partial charge in [-0.05, 0) is 18.9 Å². The van der Waals surface area contributed by atoms with Crippen LogP contribution < -0.4 is 10.9 Å². The fourth-order valence-corrected chi connectivity index (χ4v) is 3.04. The van der Waals surface area contributed by atoms with Crippen LogP contribution in [0, 0.1) is 0 Å². The minimum atomic E-state index is -0.424. The van der Waals surface area contributed by atoms with Gasteiger partial charge in [0.05, 0.1) is 11.7 Å². The van der Waals surface area contributed by atoms with Crippen LogP contribution in [0.1, 0.15) is 32.7 Å². The van der Waals surface area contributed by atoms with E-state index in [4.69, 9.17) is 0 Å². The molecule has 0 saturated carbocycles. The van der Waals surface area contributed by atoms with Gasteiger partial charge in [0, 0.05) is 17.3 Å². The summed E-state index contributed by atoms with van der Waals surface area (Å²) in [6.07, 6.45) is 3.12. The summed E-state index contributed by atoms with van der Waals surface area (Å²) in [7, 11) is 0. The van der Waals surface area contributed by atoms with Gasteiger partial charge in [-0.3, -0.25) is 9.59 Å². The predicted molar refractivity (Wildman–Crippen MR) is 90.5 cm³/mol. The van der Waals surface area contributed by atoms with Crippen LogP contribution in [0.2, 0.25) is 0 Å². The average molecular weight is 312 g/mol. The molecule has 2 heterocycles. The number of amides is 1. The predicted octanol–water partition coefficient (Wildman–Crippen LogP) is 2.36. The molecule has 1 aromatic carbocycles. The van der Waals surface area contributed by atoms with Gasteiger partial charge in [0.1, 0.15) is 11.6 Å². The van der Waals surface area contributed by atoms with Crippen LogP contribution >= 0.6 is 0 Å². The van der Waals surface area contributed by atoms with Crippen molar-refractivity contribution >= 4 is 27.7 Å². The summed E-state index contributed by atoms with van der Waals surface area (Å²) in [6, 6.07) is 7.30. The number of hydrogen-bond acceptors (Lipinski definition) is 3. The van der Waals surface area contributed by atoms with Gasteiger partial charge < -0.3 is 9.88 Å². The average Bonchev–Trinajstić information content (AvgIpc) is 2.90. The summed E-state index contributed by atoms with van der Waals surface area (Å²) in [5.41, 5.74) is 1.10. The van der Waals surface area contributed by atoms with E-state index in [9.17, 15) is 9.59 Å². The summed E-state index contributed by atoms with van der Waals surface area (Å²) in [4.78, 5) is 24.9. The summed E-state index contributed by atoms with van der Waals surface area (Å²) >= 11 is 0. The first-order chi connectivity index (χ1) is 11.2. The van der Waals surface area contributed by atoms with Crippen molar-refractivity contribution in [1.29, 1.82) is 0 Å². The van der Waals surface area contributed by atoms with E-state index >= 15 is 0 Å². The lowest BCUT2D eigenvalue weighted by atomic mass is 10.2. The zero-order chi connectivity index (χ0) is 16.4. The van der Waals surface area contributed by atoms with Gasteiger partial charge >= 0.3 is 0 Å². The molecule has 3 aromatic rings. The van der Waals surface area contributed by atoms with E-state index in [-0.39, 0.29) is 11.5 Å². The van der Waals surface area contributed by atoms with Gasteiger partial charge in [0.25, 0.3) is 5.56 Å². The Labute approximate surface area is 133 Å². The summed E-state index contributed by atoms with van der Waals surface area (Å²) in [5, 5.41) is 11.0. The standard InChI is InChI=1S/C17H20N4O2/c1-3-9-18-16(22)13(4-2)21-14-8-6-5-7-11(14)12-10-19-20-17(23)15(12)21/h5-8,10,13H,3-4,9H2,1-2H3,(H,18,22)(H,20,23)/t13-/m0/s1. The summed E-state index contributed by atoms with van der Waals surface area (Å²) in [6.45, 7) is 4.59. The minimum Gasteiger partial charge on any atom is -0.354 e. The Morgan fingerprint density at radius 1 is 1.30 bits per heavy atom. The molecule has 0 aliphatic heterocycles. The van der Waals surface area contributed by atoms with E-state index in [1.807, 2.05) is 42.7 Å². The van der Waals surface area contributed by atoms with Crippen molar-refractivity contribution in [1.82, 2.24) is 20.1 Å². The Bertz CT molecular complexity index is 910. The maximum Gasteiger partial charge on any atom is 0.288 e. The molecule has 0 unspecified atom stereocenters. The van der Waals surface area contributed by atoms with E-state index in [2.05, 4.69) is 15.5 Å². The molecular weight excluding hydrogens is 292 g/mol. The van der Waals surface area contributed by atoms with Crippen molar-refractivity contribution in [3.63, 3.8) is 0 Å². The van der Waals surface area contributed by atoms with Crippen molar-refractivity contribution in [3.05, 3.63) is 40.8 Å². The number of benzene rings is 1. The van der Waals surface area contributed by atoms with Crippen molar-refractivity contribution in [2.75, 3.05) is 6.54 Å². The van der Waals surface area contributed by atoms with Crippen LogP contribution in [0.5, 0.6) is 0 Å². The third-order valence-electron chi connectivity index (χ3n) is 4.07. The Morgan fingerprint density at radius 2 is 2.09 bits per heavy atom. The van der Waals surface area contributed by atoms with Crippen LogP contribution in [-0.2, 0) is 4.79 Å². The molecule has 3 rings (SSSR count). The largest absolute Gasteiger partial charge is 0.354 e. The van der Waals surface area contributed by atoms with E-state index in [0.29, 0.717) is 18.5 Å². The smallest absolute Gasteiger partial charge is 0.288 e. The monoisotopic (exact) mass is 312 g/mol. The van der Waals surface area contributed by atoms with Gasteiger partial charge in [0.15, 0.2) is 0 Å². The molecule has 1 amide bonds. The quantitative estimate of drug-likeness (QED) is 0.759. The van der Waals surface area contributed by atoms with Crippen LogP contribution in [0.4, 0.5) is 0 Å². The highest BCUT2D eigenvalue weighted by Gasteiger charge is 2.24. The third kappa shape index (κ3) is 2.50. The molecule has 0 spiro atoms. The summed E-state index contributed by atoms with van der Waals surface area (Å²) in [5.74, 6) is -0.0618. The highest BCUT2D eigenvalue weighted by Crippen LogP contribution is 2.30. The number of H-pyrrole nitrogens is 1. The number of nitrogens with zero attached hydrogens (tertiary/aromatic N) is 2.